The first-order valence-electron chi connectivity index (χ1n) is 6.37. The van der Waals surface area contributed by atoms with Gasteiger partial charge in [0.2, 0.25) is 0 Å². The van der Waals surface area contributed by atoms with Gasteiger partial charge in [-0.25, -0.2) is 19.3 Å². The van der Waals surface area contributed by atoms with Crippen molar-refractivity contribution in [2.24, 2.45) is 0 Å². The van der Waals surface area contributed by atoms with Crippen molar-refractivity contribution in [3.05, 3.63) is 64.2 Å². The van der Waals surface area contributed by atoms with Crippen LogP contribution in [0.25, 0.3) is 22.6 Å². The monoisotopic (exact) mass is 295 g/mol. The Morgan fingerprint density at radius 3 is 2.82 bits per heavy atom. The number of aromatic nitrogens is 7. The van der Waals surface area contributed by atoms with E-state index in [2.05, 4.69) is 25.0 Å². The van der Waals surface area contributed by atoms with E-state index in [-0.39, 0.29) is 5.56 Å². The van der Waals surface area contributed by atoms with E-state index in [0.29, 0.717) is 11.3 Å². The maximum absolute atomic E-state index is 12.0. The standard InChI is InChI=1S/C13H9N7O2/c21-12-8(6-16-13(22)17-12)9-5-10(19-3-1-14-7-19)11-15-2-4-20(11)18-9/h1-7H,(H2,16,17,21,22). The quantitative estimate of drug-likeness (QED) is 0.538. The molecule has 0 saturated carbocycles. The number of nitrogens with one attached hydrogen (secondary N) is 2. The molecule has 4 aromatic heterocycles. The molecule has 0 fully saturated rings. The molecule has 0 bridgehead atoms. The molecule has 0 aliphatic carbocycles. The summed E-state index contributed by atoms with van der Waals surface area (Å²) in [6.45, 7) is 0. The van der Waals surface area contributed by atoms with E-state index in [9.17, 15) is 9.59 Å². The summed E-state index contributed by atoms with van der Waals surface area (Å²) in [5.74, 6) is 0. The lowest BCUT2D eigenvalue weighted by atomic mass is 10.2. The fourth-order valence-electron chi connectivity index (χ4n) is 2.22. The molecule has 0 aromatic carbocycles. The molecule has 2 N–H and O–H groups in total. The second-order valence-corrected chi connectivity index (χ2v) is 4.57. The molecule has 0 radical (unpaired) electrons. The van der Waals surface area contributed by atoms with Gasteiger partial charge in [-0.15, -0.1) is 0 Å². The first kappa shape index (κ1) is 12.3. The Morgan fingerprint density at radius 2 is 2.05 bits per heavy atom. The number of imidazole rings is 2. The van der Waals surface area contributed by atoms with E-state index in [1.165, 1.54) is 6.20 Å². The Bertz CT molecular complexity index is 1070. The molecule has 9 heteroatoms. The van der Waals surface area contributed by atoms with E-state index in [0.717, 1.165) is 5.69 Å². The van der Waals surface area contributed by atoms with Gasteiger partial charge in [0.1, 0.15) is 5.69 Å². The maximum Gasteiger partial charge on any atom is 0.325 e. The minimum Gasteiger partial charge on any atom is -0.313 e. The van der Waals surface area contributed by atoms with Gasteiger partial charge in [-0.1, -0.05) is 0 Å². The normalized spacial score (nSPS) is 11.1. The van der Waals surface area contributed by atoms with Gasteiger partial charge >= 0.3 is 5.69 Å². The van der Waals surface area contributed by atoms with Crippen molar-refractivity contribution in [2.75, 3.05) is 0 Å². The predicted molar refractivity (Wildman–Crippen MR) is 76.8 cm³/mol. The molecule has 0 aliphatic rings. The molecule has 0 spiro atoms. The zero-order valence-corrected chi connectivity index (χ0v) is 11.1. The summed E-state index contributed by atoms with van der Waals surface area (Å²) in [6, 6.07) is 1.72. The number of aromatic amines is 2. The number of nitrogens with zero attached hydrogens (tertiary/aromatic N) is 5. The molecule has 0 atom stereocenters. The summed E-state index contributed by atoms with van der Waals surface area (Å²) >= 11 is 0. The molecule has 108 valence electrons. The predicted octanol–water partition coefficient (Wildman–Crippen LogP) is -0.0414. The van der Waals surface area contributed by atoms with Gasteiger partial charge < -0.3 is 9.55 Å². The van der Waals surface area contributed by atoms with Crippen molar-refractivity contribution in [2.45, 2.75) is 0 Å². The average molecular weight is 295 g/mol. The van der Waals surface area contributed by atoms with Crippen LogP contribution in [0.15, 0.2) is 53.0 Å². The van der Waals surface area contributed by atoms with Crippen LogP contribution in [0.1, 0.15) is 0 Å². The van der Waals surface area contributed by atoms with Crippen molar-refractivity contribution < 1.29 is 0 Å². The van der Waals surface area contributed by atoms with Gasteiger partial charge in [-0.3, -0.25) is 9.78 Å². The lowest BCUT2D eigenvalue weighted by molar-refractivity contribution is 0.913. The van der Waals surface area contributed by atoms with Crippen LogP contribution in [-0.4, -0.2) is 34.1 Å². The summed E-state index contributed by atoms with van der Waals surface area (Å²) < 4.78 is 3.34. The van der Waals surface area contributed by atoms with Crippen molar-refractivity contribution >= 4 is 5.65 Å². The summed E-state index contributed by atoms with van der Waals surface area (Å²) in [7, 11) is 0. The third-order valence-electron chi connectivity index (χ3n) is 3.22. The first-order chi connectivity index (χ1) is 10.7. The summed E-state index contributed by atoms with van der Waals surface area (Å²) in [6.07, 6.45) is 9.68. The van der Waals surface area contributed by atoms with Crippen LogP contribution < -0.4 is 11.2 Å². The number of fused-ring (bicyclic) bond motifs is 1. The van der Waals surface area contributed by atoms with Crippen LogP contribution in [0.4, 0.5) is 0 Å². The largest absolute Gasteiger partial charge is 0.325 e. The molecule has 9 nitrogen and oxygen atoms in total. The van der Waals surface area contributed by atoms with Gasteiger partial charge in [0.25, 0.3) is 5.56 Å². The number of rotatable bonds is 2. The molecule has 0 saturated heterocycles. The highest BCUT2D eigenvalue weighted by Gasteiger charge is 2.12. The lowest BCUT2D eigenvalue weighted by Crippen LogP contribution is -2.23. The average Bonchev–Trinajstić information content (AvgIpc) is 3.17. The Labute approximate surface area is 121 Å². The smallest absolute Gasteiger partial charge is 0.313 e. The molecule has 0 aliphatic heterocycles. The molecule has 4 heterocycles. The van der Waals surface area contributed by atoms with E-state index in [1.807, 2.05) is 0 Å². The highest BCUT2D eigenvalue weighted by atomic mass is 16.2. The molecular formula is C13H9N7O2. The SMILES string of the molecule is O=c1[nH]cc(-c2cc(-n3ccnc3)c3nccn3n2)c(=O)[nH]1. The van der Waals surface area contributed by atoms with Crippen LogP contribution in [0.5, 0.6) is 0 Å². The van der Waals surface area contributed by atoms with E-state index >= 15 is 0 Å². The molecule has 4 aromatic rings. The number of H-pyrrole nitrogens is 2. The Hall–Kier alpha value is -3.49. The van der Waals surface area contributed by atoms with Gasteiger partial charge in [0.15, 0.2) is 5.65 Å². The molecular weight excluding hydrogens is 286 g/mol. The third-order valence-corrected chi connectivity index (χ3v) is 3.22. The van der Waals surface area contributed by atoms with Gasteiger partial charge in [0.05, 0.1) is 17.6 Å². The summed E-state index contributed by atoms with van der Waals surface area (Å²) in [5.41, 5.74) is 0.948. The van der Waals surface area contributed by atoms with E-state index < -0.39 is 11.2 Å². The fraction of sp³-hybridized carbons (Fsp3) is 0. The third kappa shape index (κ3) is 1.84. The van der Waals surface area contributed by atoms with Crippen molar-refractivity contribution in [3.63, 3.8) is 0 Å². The molecule has 22 heavy (non-hydrogen) atoms. The highest BCUT2D eigenvalue weighted by molar-refractivity contribution is 5.67. The topological polar surface area (TPSA) is 114 Å². The van der Waals surface area contributed by atoms with Gasteiger partial charge in [0, 0.05) is 31.0 Å². The van der Waals surface area contributed by atoms with Crippen LogP contribution in [0.3, 0.4) is 0 Å². The maximum atomic E-state index is 12.0. The van der Waals surface area contributed by atoms with E-state index in [1.54, 1.807) is 46.3 Å². The highest BCUT2D eigenvalue weighted by Crippen LogP contribution is 2.19. The van der Waals surface area contributed by atoms with Crippen LogP contribution in [0.2, 0.25) is 0 Å². The molecule has 4 rings (SSSR count). The Morgan fingerprint density at radius 1 is 1.14 bits per heavy atom. The zero-order chi connectivity index (χ0) is 15.1. The second kappa shape index (κ2) is 4.52. The summed E-state index contributed by atoms with van der Waals surface area (Å²) in [4.78, 5) is 36.0. The van der Waals surface area contributed by atoms with Crippen molar-refractivity contribution in [3.8, 4) is 16.9 Å². The fourth-order valence-corrected chi connectivity index (χ4v) is 2.22. The Balaban J connectivity index is 2.03. The number of hydrogen-bond acceptors (Lipinski definition) is 5. The Kier molecular flexibility index (Phi) is 2.52. The first-order valence-corrected chi connectivity index (χ1v) is 6.37. The van der Waals surface area contributed by atoms with Crippen LogP contribution >= 0.6 is 0 Å². The minimum atomic E-state index is -0.563. The second-order valence-electron chi connectivity index (χ2n) is 4.57. The van der Waals surface area contributed by atoms with Crippen LogP contribution in [0, 0.1) is 0 Å². The van der Waals surface area contributed by atoms with Crippen LogP contribution in [-0.2, 0) is 0 Å². The zero-order valence-electron chi connectivity index (χ0n) is 11.1. The molecule has 0 amide bonds. The van der Waals surface area contributed by atoms with Gasteiger partial charge in [-0.05, 0) is 6.07 Å². The number of hydrogen-bond donors (Lipinski definition) is 2. The summed E-state index contributed by atoms with van der Waals surface area (Å²) in [5, 5.41) is 4.34. The minimum absolute atomic E-state index is 0.261. The molecule has 0 unspecified atom stereocenters. The lowest BCUT2D eigenvalue weighted by Gasteiger charge is -2.07. The van der Waals surface area contributed by atoms with E-state index in [4.69, 9.17) is 0 Å². The van der Waals surface area contributed by atoms with Crippen molar-refractivity contribution in [1.82, 2.24) is 34.1 Å². The van der Waals surface area contributed by atoms with Gasteiger partial charge in [-0.2, -0.15) is 5.10 Å². The van der Waals surface area contributed by atoms with Crippen molar-refractivity contribution in [1.29, 1.82) is 0 Å².